The highest BCUT2D eigenvalue weighted by Gasteiger charge is 1.99. The summed E-state index contributed by atoms with van der Waals surface area (Å²) in [5.41, 5.74) is 0. The molecule has 0 amide bonds. The zero-order valence-corrected chi connectivity index (χ0v) is 6.90. The number of hydrogen-bond donors (Lipinski definition) is 0. The molecular formula is C8H17O. The Morgan fingerprint density at radius 2 is 2.00 bits per heavy atom. The maximum absolute atomic E-state index is 5.37. The van der Waals surface area contributed by atoms with E-state index in [2.05, 4.69) is 20.8 Å². The van der Waals surface area contributed by atoms with E-state index >= 15 is 0 Å². The van der Waals surface area contributed by atoms with Gasteiger partial charge < -0.3 is 4.74 Å². The van der Waals surface area contributed by atoms with E-state index in [9.17, 15) is 0 Å². The Kier molecular flexibility index (Phi) is 4.78. The first-order valence-corrected chi connectivity index (χ1v) is 3.62. The van der Waals surface area contributed by atoms with E-state index in [1.165, 1.54) is 0 Å². The molecule has 0 aromatic rings. The smallest absolute Gasteiger partial charge is 0.0937 e. The highest BCUT2D eigenvalue weighted by Crippen LogP contribution is 2.07. The first kappa shape index (κ1) is 8.96. The van der Waals surface area contributed by atoms with E-state index in [-0.39, 0.29) is 0 Å². The fraction of sp³-hybridized carbons (Fsp3) is 0.875. The largest absolute Gasteiger partial charge is 0.372 e. The van der Waals surface area contributed by atoms with Crippen LogP contribution in [0, 0.1) is 12.0 Å². The van der Waals surface area contributed by atoms with Crippen LogP contribution in [0.4, 0.5) is 0 Å². The van der Waals surface area contributed by atoms with Gasteiger partial charge in [-0.2, -0.15) is 0 Å². The first-order chi connectivity index (χ1) is 4.16. The summed E-state index contributed by atoms with van der Waals surface area (Å²) in [4.78, 5) is 0. The molecule has 0 aliphatic heterocycles. The molecule has 1 nitrogen and oxygen atoms in total. The van der Waals surface area contributed by atoms with E-state index in [0.29, 0.717) is 5.92 Å². The summed E-state index contributed by atoms with van der Waals surface area (Å²) in [6.45, 7) is 9.31. The van der Waals surface area contributed by atoms with Crippen LogP contribution in [-0.2, 0) is 4.74 Å². The van der Waals surface area contributed by atoms with Gasteiger partial charge in [0, 0.05) is 6.61 Å². The lowest BCUT2D eigenvalue weighted by atomic mass is 10.2. The Morgan fingerprint density at radius 3 is 2.33 bits per heavy atom. The maximum Gasteiger partial charge on any atom is 0.0937 e. The molecule has 0 heterocycles. The molecule has 0 atom stereocenters. The zero-order chi connectivity index (χ0) is 7.28. The molecule has 55 valence electrons. The molecule has 0 aliphatic carbocycles. The molecule has 9 heavy (non-hydrogen) atoms. The minimum Gasteiger partial charge on any atom is -0.372 e. The molecule has 0 unspecified atom stereocenters. The van der Waals surface area contributed by atoms with Gasteiger partial charge in [0.25, 0.3) is 0 Å². The summed E-state index contributed by atoms with van der Waals surface area (Å²) in [5.74, 6) is 0.645. The number of ether oxygens (including phenoxy) is 1. The van der Waals surface area contributed by atoms with Crippen molar-refractivity contribution in [2.45, 2.75) is 34.1 Å². The van der Waals surface area contributed by atoms with E-state index in [0.717, 1.165) is 19.1 Å². The molecule has 0 aromatic carbocycles. The molecule has 0 saturated carbocycles. The Hall–Kier alpha value is -0.0400. The number of rotatable bonds is 4. The van der Waals surface area contributed by atoms with Crippen LogP contribution in [0.5, 0.6) is 0 Å². The summed E-state index contributed by atoms with van der Waals surface area (Å²) in [7, 11) is 0. The molecule has 0 N–H and O–H groups in total. The molecule has 1 radical (unpaired) electrons. The maximum atomic E-state index is 5.37. The van der Waals surface area contributed by atoms with Crippen LogP contribution < -0.4 is 0 Å². The summed E-state index contributed by atoms with van der Waals surface area (Å²) in [6.07, 6.45) is 2.18. The second kappa shape index (κ2) is 4.80. The summed E-state index contributed by atoms with van der Waals surface area (Å²) in [6, 6.07) is 0. The van der Waals surface area contributed by atoms with Crippen molar-refractivity contribution in [3.63, 3.8) is 0 Å². The van der Waals surface area contributed by atoms with E-state index in [1.807, 2.05) is 6.92 Å². The van der Waals surface area contributed by atoms with Gasteiger partial charge >= 0.3 is 0 Å². The quantitative estimate of drug-likeness (QED) is 0.567. The monoisotopic (exact) mass is 129 g/mol. The second-order valence-corrected chi connectivity index (χ2v) is 2.76. The average molecular weight is 129 g/mol. The third-order valence-corrected chi connectivity index (χ3v) is 1.16. The molecule has 0 aromatic heterocycles. The highest BCUT2D eigenvalue weighted by molar-refractivity contribution is 4.67. The predicted octanol–water partition coefficient (Wildman–Crippen LogP) is 2.62. The highest BCUT2D eigenvalue weighted by atomic mass is 16.5. The van der Waals surface area contributed by atoms with Crippen molar-refractivity contribution in [3.05, 3.63) is 6.10 Å². The Labute approximate surface area is 58.4 Å². The van der Waals surface area contributed by atoms with Gasteiger partial charge in [-0.3, -0.25) is 0 Å². The first-order valence-electron chi connectivity index (χ1n) is 3.62. The minimum atomic E-state index is 0.645. The average Bonchev–Trinajstić information content (AvgIpc) is 1.83. The van der Waals surface area contributed by atoms with Gasteiger partial charge in [-0.1, -0.05) is 20.8 Å². The van der Waals surface area contributed by atoms with Gasteiger partial charge in [0.15, 0.2) is 0 Å². The predicted molar refractivity (Wildman–Crippen MR) is 40.0 cm³/mol. The third-order valence-electron chi connectivity index (χ3n) is 1.16. The zero-order valence-electron chi connectivity index (χ0n) is 6.90. The molecule has 0 saturated heterocycles. The molecule has 0 rings (SSSR count). The van der Waals surface area contributed by atoms with Crippen LogP contribution in [0.1, 0.15) is 34.1 Å². The van der Waals surface area contributed by atoms with Crippen molar-refractivity contribution in [2.75, 3.05) is 6.61 Å². The topological polar surface area (TPSA) is 9.23 Å². The van der Waals surface area contributed by atoms with Gasteiger partial charge in [0.2, 0.25) is 0 Å². The molecule has 0 bridgehead atoms. The van der Waals surface area contributed by atoms with Gasteiger partial charge in [-0.25, -0.2) is 0 Å². The minimum absolute atomic E-state index is 0.645. The van der Waals surface area contributed by atoms with Crippen LogP contribution in [0.25, 0.3) is 0 Å². The molecule has 0 fully saturated rings. The van der Waals surface area contributed by atoms with Crippen LogP contribution >= 0.6 is 0 Å². The van der Waals surface area contributed by atoms with Gasteiger partial charge in [0.05, 0.1) is 6.10 Å². The Balaban J connectivity index is 3.06. The van der Waals surface area contributed by atoms with E-state index in [4.69, 9.17) is 4.74 Å². The molecular weight excluding hydrogens is 112 g/mol. The Morgan fingerprint density at radius 1 is 1.44 bits per heavy atom. The lowest BCUT2D eigenvalue weighted by Crippen LogP contribution is -2.04. The van der Waals surface area contributed by atoms with Crippen LogP contribution in [0.3, 0.4) is 0 Å². The van der Waals surface area contributed by atoms with Crippen molar-refractivity contribution in [1.82, 2.24) is 0 Å². The third kappa shape index (κ3) is 5.84. The number of hydrogen-bond acceptors (Lipinski definition) is 1. The lowest BCUT2D eigenvalue weighted by Gasteiger charge is -2.10. The van der Waals surface area contributed by atoms with E-state index < -0.39 is 0 Å². The standard InChI is InChI=1S/C8H17O/c1-5-8(4)9-6-7(2)3/h7H,5-6H2,1-4H3. The fourth-order valence-electron chi connectivity index (χ4n) is 0.411. The molecule has 0 aliphatic rings. The SMILES string of the molecule is CC[C](C)OCC(C)C. The van der Waals surface area contributed by atoms with Crippen LogP contribution in [-0.4, -0.2) is 6.61 Å². The van der Waals surface area contributed by atoms with Crippen molar-refractivity contribution in [2.24, 2.45) is 5.92 Å². The van der Waals surface area contributed by atoms with Crippen LogP contribution in [0.2, 0.25) is 0 Å². The summed E-state index contributed by atoms with van der Waals surface area (Å²) >= 11 is 0. The van der Waals surface area contributed by atoms with Crippen molar-refractivity contribution < 1.29 is 4.74 Å². The fourth-order valence-corrected chi connectivity index (χ4v) is 0.411. The second-order valence-electron chi connectivity index (χ2n) is 2.76. The van der Waals surface area contributed by atoms with Gasteiger partial charge in [-0.15, -0.1) is 0 Å². The lowest BCUT2D eigenvalue weighted by molar-refractivity contribution is 0.119. The van der Waals surface area contributed by atoms with Crippen LogP contribution in [0.15, 0.2) is 0 Å². The van der Waals surface area contributed by atoms with Gasteiger partial charge in [0.1, 0.15) is 0 Å². The van der Waals surface area contributed by atoms with E-state index in [1.54, 1.807) is 0 Å². The van der Waals surface area contributed by atoms with Crippen molar-refractivity contribution in [1.29, 1.82) is 0 Å². The summed E-state index contributed by atoms with van der Waals surface area (Å²) < 4.78 is 5.37. The Bertz CT molecular complexity index is 59.6. The van der Waals surface area contributed by atoms with Crippen molar-refractivity contribution in [3.8, 4) is 0 Å². The van der Waals surface area contributed by atoms with Gasteiger partial charge in [-0.05, 0) is 19.3 Å². The normalized spacial score (nSPS) is 11.3. The van der Waals surface area contributed by atoms with Crippen molar-refractivity contribution >= 4 is 0 Å². The molecule has 0 spiro atoms. The summed E-state index contributed by atoms with van der Waals surface area (Å²) in [5, 5.41) is 0. The molecule has 1 heteroatoms.